The van der Waals surface area contributed by atoms with Crippen LogP contribution in [0.2, 0.25) is 0 Å². The molecule has 7 heteroatoms. The van der Waals surface area contributed by atoms with Crippen LogP contribution in [0.4, 0.5) is 17.6 Å². The van der Waals surface area contributed by atoms with Crippen LogP contribution in [0.5, 0.6) is 0 Å². The normalized spacial score (nSPS) is 27.9. The zero-order valence-corrected chi connectivity index (χ0v) is 15.4. The number of fused-ring (bicyclic) bond motifs is 2. The molecule has 2 bridgehead atoms. The van der Waals surface area contributed by atoms with Crippen LogP contribution in [-0.2, 0) is 0 Å². The van der Waals surface area contributed by atoms with Crippen molar-refractivity contribution < 1.29 is 0 Å². The Morgan fingerprint density at radius 1 is 1.36 bits per heavy atom. The second-order valence-corrected chi connectivity index (χ2v) is 8.67. The molecular formula is C18H24N6S. The molecule has 0 aromatic carbocycles. The number of hydrogen-bond acceptors (Lipinski definition) is 6. The zero-order valence-electron chi connectivity index (χ0n) is 14.5. The van der Waals surface area contributed by atoms with Gasteiger partial charge in [-0.25, -0.2) is 4.98 Å². The monoisotopic (exact) mass is 356 g/mol. The standard InChI is InChI=1S/C18H24N6S/c1-25-11-18-6-4-13(9-18)24(10-18)17-19-7-5-15(21-17)20-16-8-14(22-23-16)12-2-3-12/h5,7-8,12-13H,2-4,6,9-11H2,1H3,(H2,19,20,21,22,23). The molecule has 3 aliphatic rings. The summed E-state index contributed by atoms with van der Waals surface area (Å²) in [5, 5.41) is 10.8. The number of aromatic nitrogens is 4. The summed E-state index contributed by atoms with van der Waals surface area (Å²) in [5.74, 6) is 4.44. The maximum absolute atomic E-state index is 4.77. The first kappa shape index (κ1) is 15.5. The molecule has 2 aromatic heterocycles. The van der Waals surface area contributed by atoms with E-state index in [1.807, 2.05) is 24.0 Å². The van der Waals surface area contributed by atoms with Crippen molar-refractivity contribution in [1.29, 1.82) is 0 Å². The first-order chi connectivity index (χ1) is 12.2. The van der Waals surface area contributed by atoms with E-state index in [4.69, 9.17) is 4.98 Å². The Bertz CT molecular complexity index is 772. The Morgan fingerprint density at radius 3 is 3.12 bits per heavy atom. The number of thioether (sulfide) groups is 1. The minimum absolute atomic E-state index is 0.470. The number of anilines is 3. The van der Waals surface area contributed by atoms with Gasteiger partial charge in [0.1, 0.15) is 5.82 Å². The van der Waals surface area contributed by atoms with Crippen molar-refractivity contribution in [3.8, 4) is 0 Å². The number of nitrogens with zero attached hydrogens (tertiary/aromatic N) is 4. The Balaban J connectivity index is 1.33. The summed E-state index contributed by atoms with van der Waals surface area (Å²) in [6, 6.07) is 4.63. The lowest BCUT2D eigenvalue weighted by Crippen LogP contribution is -2.37. The zero-order chi connectivity index (χ0) is 16.9. The average Bonchev–Trinajstić information content (AvgIpc) is 3.08. The predicted molar refractivity (Wildman–Crippen MR) is 102 cm³/mol. The molecule has 2 aromatic rings. The lowest BCUT2D eigenvalue weighted by molar-refractivity contribution is 0.378. The van der Waals surface area contributed by atoms with Crippen LogP contribution in [0.3, 0.4) is 0 Å². The largest absolute Gasteiger partial charge is 0.337 e. The van der Waals surface area contributed by atoms with Gasteiger partial charge in [0.15, 0.2) is 5.82 Å². The molecule has 2 aliphatic carbocycles. The van der Waals surface area contributed by atoms with Crippen molar-refractivity contribution in [3.63, 3.8) is 0 Å². The van der Waals surface area contributed by atoms with E-state index in [0.29, 0.717) is 17.4 Å². The molecule has 2 atom stereocenters. The van der Waals surface area contributed by atoms with Gasteiger partial charge in [-0.2, -0.15) is 21.8 Å². The van der Waals surface area contributed by atoms with Gasteiger partial charge in [0.25, 0.3) is 0 Å². The molecule has 5 rings (SSSR count). The first-order valence-corrected chi connectivity index (χ1v) is 10.6. The number of nitrogens with one attached hydrogen (secondary N) is 2. The average molecular weight is 356 g/mol. The molecule has 25 heavy (non-hydrogen) atoms. The molecule has 1 saturated heterocycles. The Hall–Kier alpha value is -1.76. The summed E-state index contributed by atoms with van der Waals surface area (Å²) >= 11 is 1.97. The summed E-state index contributed by atoms with van der Waals surface area (Å²) in [6.45, 7) is 1.09. The fraction of sp³-hybridized carbons (Fsp3) is 0.611. The van der Waals surface area contributed by atoms with Crippen molar-refractivity contribution in [2.45, 2.75) is 44.1 Å². The number of H-pyrrole nitrogens is 1. The van der Waals surface area contributed by atoms with Crippen molar-refractivity contribution in [1.82, 2.24) is 20.2 Å². The lowest BCUT2D eigenvalue weighted by Gasteiger charge is -2.32. The van der Waals surface area contributed by atoms with Gasteiger partial charge >= 0.3 is 0 Å². The summed E-state index contributed by atoms with van der Waals surface area (Å²) in [5.41, 5.74) is 1.70. The number of hydrogen-bond donors (Lipinski definition) is 2. The molecule has 0 amide bonds. The van der Waals surface area contributed by atoms with Gasteiger partial charge in [-0.3, -0.25) is 5.10 Å². The van der Waals surface area contributed by atoms with Gasteiger partial charge in [0.05, 0.1) is 0 Å². The topological polar surface area (TPSA) is 69.7 Å². The van der Waals surface area contributed by atoms with Crippen molar-refractivity contribution >= 4 is 29.3 Å². The van der Waals surface area contributed by atoms with Crippen LogP contribution < -0.4 is 10.2 Å². The summed E-state index contributed by atoms with van der Waals surface area (Å²) in [6.07, 6.45) is 10.5. The van der Waals surface area contributed by atoms with E-state index < -0.39 is 0 Å². The molecular weight excluding hydrogens is 332 g/mol. The van der Waals surface area contributed by atoms with Crippen LogP contribution in [0, 0.1) is 5.41 Å². The molecule has 1 aliphatic heterocycles. The highest BCUT2D eigenvalue weighted by Crippen LogP contribution is 2.50. The van der Waals surface area contributed by atoms with Crippen LogP contribution in [0.1, 0.15) is 43.7 Å². The van der Waals surface area contributed by atoms with Crippen molar-refractivity contribution in [2.24, 2.45) is 5.41 Å². The van der Waals surface area contributed by atoms with E-state index in [2.05, 4.69) is 37.7 Å². The van der Waals surface area contributed by atoms with Crippen LogP contribution in [0.25, 0.3) is 0 Å². The smallest absolute Gasteiger partial charge is 0.227 e. The van der Waals surface area contributed by atoms with E-state index in [9.17, 15) is 0 Å². The molecule has 0 spiro atoms. The third-order valence-corrected chi connectivity index (χ3v) is 6.75. The minimum atomic E-state index is 0.470. The molecule has 3 fully saturated rings. The molecule has 2 unspecified atom stereocenters. The maximum atomic E-state index is 4.77. The van der Waals surface area contributed by atoms with Crippen molar-refractivity contribution in [3.05, 3.63) is 24.0 Å². The summed E-state index contributed by atoms with van der Waals surface area (Å²) in [7, 11) is 0. The van der Waals surface area contributed by atoms with Gasteiger partial charge in [-0.15, -0.1) is 0 Å². The molecule has 2 saturated carbocycles. The predicted octanol–water partition coefficient (Wildman–Crippen LogP) is 3.54. The van der Waals surface area contributed by atoms with Gasteiger partial charge in [-0.05, 0) is 49.8 Å². The third kappa shape index (κ3) is 2.88. The maximum Gasteiger partial charge on any atom is 0.227 e. The van der Waals surface area contributed by atoms with Gasteiger partial charge in [0, 0.05) is 42.2 Å². The molecule has 6 nitrogen and oxygen atoms in total. The molecule has 2 N–H and O–H groups in total. The van der Waals surface area contributed by atoms with Crippen LogP contribution in [-0.4, -0.2) is 44.8 Å². The molecule has 0 radical (unpaired) electrons. The summed E-state index contributed by atoms with van der Waals surface area (Å²) in [4.78, 5) is 11.8. The number of rotatable bonds is 6. The lowest BCUT2D eigenvalue weighted by atomic mass is 9.90. The highest BCUT2D eigenvalue weighted by molar-refractivity contribution is 7.98. The van der Waals surface area contributed by atoms with E-state index in [0.717, 1.165) is 24.1 Å². The van der Waals surface area contributed by atoms with Gasteiger partial charge < -0.3 is 10.2 Å². The fourth-order valence-corrected chi connectivity index (χ4v) is 5.45. The van der Waals surface area contributed by atoms with Crippen LogP contribution >= 0.6 is 11.8 Å². The molecule has 3 heterocycles. The van der Waals surface area contributed by atoms with E-state index in [1.165, 1.54) is 43.6 Å². The van der Waals surface area contributed by atoms with E-state index in [1.54, 1.807) is 0 Å². The fourth-order valence-electron chi connectivity index (χ4n) is 4.49. The van der Waals surface area contributed by atoms with E-state index in [-0.39, 0.29) is 0 Å². The first-order valence-electron chi connectivity index (χ1n) is 9.16. The van der Waals surface area contributed by atoms with Gasteiger partial charge in [0.2, 0.25) is 5.95 Å². The van der Waals surface area contributed by atoms with E-state index >= 15 is 0 Å². The molecule has 132 valence electrons. The number of aromatic amines is 1. The number of piperidine rings is 1. The highest BCUT2D eigenvalue weighted by Gasteiger charge is 2.49. The minimum Gasteiger partial charge on any atom is -0.337 e. The SMILES string of the molecule is CSCC12CCC(C1)N(c1nccc(Nc3cc(C4CC4)[nH]n3)n1)C2. The van der Waals surface area contributed by atoms with Crippen molar-refractivity contribution in [2.75, 3.05) is 28.8 Å². The Kier molecular flexibility index (Phi) is 3.66. The quantitative estimate of drug-likeness (QED) is 0.825. The highest BCUT2D eigenvalue weighted by atomic mass is 32.2. The van der Waals surface area contributed by atoms with Crippen LogP contribution in [0.15, 0.2) is 18.3 Å². The second-order valence-electron chi connectivity index (χ2n) is 7.81. The van der Waals surface area contributed by atoms with Gasteiger partial charge in [-0.1, -0.05) is 0 Å². The third-order valence-electron chi connectivity index (χ3n) is 5.84. The Morgan fingerprint density at radius 2 is 2.28 bits per heavy atom. The second kappa shape index (κ2) is 5.90. The summed E-state index contributed by atoms with van der Waals surface area (Å²) < 4.78 is 0. The Labute approximate surface area is 152 Å².